The number of hydrogen-bond donors (Lipinski definition) is 0. The Balaban J connectivity index is 2.28. The van der Waals surface area contributed by atoms with Crippen molar-refractivity contribution in [2.24, 2.45) is 0 Å². The van der Waals surface area contributed by atoms with Crippen LogP contribution >= 0.6 is 15.9 Å². The number of halogens is 1. The third-order valence-electron chi connectivity index (χ3n) is 3.07. The molecule has 0 aromatic heterocycles. The molecule has 0 saturated heterocycles. The quantitative estimate of drug-likeness (QED) is 0.348. The summed E-state index contributed by atoms with van der Waals surface area (Å²) in [6, 6.07) is 14.3. The molecule has 116 valence electrons. The summed E-state index contributed by atoms with van der Waals surface area (Å²) in [5.74, 6) is 0.217. The van der Waals surface area contributed by atoms with E-state index in [0.717, 1.165) is 5.56 Å². The lowest BCUT2D eigenvalue weighted by atomic mass is 10.1. The Morgan fingerprint density at radius 3 is 2.61 bits per heavy atom. The van der Waals surface area contributed by atoms with Gasteiger partial charge in [-0.05, 0) is 52.7 Å². The number of ether oxygens (including phenoxy) is 2. The third kappa shape index (κ3) is 4.21. The molecule has 2 rings (SSSR count). The van der Waals surface area contributed by atoms with Gasteiger partial charge in [0.25, 0.3) is 0 Å². The fourth-order valence-corrected chi connectivity index (χ4v) is 2.50. The van der Waals surface area contributed by atoms with Gasteiger partial charge in [-0.3, -0.25) is 0 Å². The van der Waals surface area contributed by atoms with E-state index in [9.17, 15) is 10.1 Å². The summed E-state index contributed by atoms with van der Waals surface area (Å²) in [5, 5.41) is 9.24. The van der Waals surface area contributed by atoms with Crippen LogP contribution in [0.1, 0.15) is 11.1 Å². The first-order valence-corrected chi connectivity index (χ1v) is 7.57. The zero-order valence-corrected chi connectivity index (χ0v) is 14.3. The number of benzene rings is 2. The highest BCUT2D eigenvalue weighted by Crippen LogP contribution is 2.27. The van der Waals surface area contributed by atoms with Crippen molar-refractivity contribution in [3.63, 3.8) is 0 Å². The maximum atomic E-state index is 12.2. The standard InChI is InChI=1S/C18H14BrNO3/c1-12-7-8-17(15(19)9-12)23-18(21)14(11-20)10-13-5-3-4-6-16(13)22-2/h3-10H,1-2H3/b14-10+. The Hall–Kier alpha value is -2.58. The molecule has 2 aromatic rings. The van der Waals surface area contributed by atoms with E-state index in [2.05, 4.69) is 15.9 Å². The number of nitriles is 1. The lowest BCUT2D eigenvalue weighted by Crippen LogP contribution is -2.10. The number of rotatable bonds is 4. The molecule has 0 fully saturated rings. The molecule has 0 unspecified atom stereocenters. The summed E-state index contributed by atoms with van der Waals surface area (Å²) < 4.78 is 11.1. The maximum Gasteiger partial charge on any atom is 0.354 e. The van der Waals surface area contributed by atoms with E-state index in [1.54, 1.807) is 24.3 Å². The number of para-hydroxylation sites is 1. The number of aryl methyl sites for hydroxylation is 1. The number of carbonyl (C=O) groups excluding carboxylic acids is 1. The van der Waals surface area contributed by atoms with Crippen molar-refractivity contribution in [2.75, 3.05) is 7.11 Å². The molecule has 2 aromatic carbocycles. The van der Waals surface area contributed by atoms with Crippen molar-refractivity contribution in [1.82, 2.24) is 0 Å². The first-order valence-electron chi connectivity index (χ1n) is 6.78. The van der Waals surface area contributed by atoms with Gasteiger partial charge in [0, 0.05) is 5.56 Å². The topological polar surface area (TPSA) is 59.3 Å². The van der Waals surface area contributed by atoms with Crippen LogP contribution in [0.3, 0.4) is 0 Å². The lowest BCUT2D eigenvalue weighted by Gasteiger charge is -2.07. The minimum atomic E-state index is -0.719. The van der Waals surface area contributed by atoms with Crippen LogP contribution < -0.4 is 9.47 Å². The molecule has 0 atom stereocenters. The zero-order valence-electron chi connectivity index (χ0n) is 12.7. The van der Waals surface area contributed by atoms with Crippen LogP contribution in [0.2, 0.25) is 0 Å². The third-order valence-corrected chi connectivity index (χ3v) is 3.69. The van der Waals surface area contributed by atoms with E-state index in [1.807, 2.05) is 31.2 Å². The molecule has 0 heterocycles. The van der Waals surface area contributed by atoms with Crippen LogP contribution in [-0.2, 0) is 4.79 Å². The first kappa shape index (κ1) is 16.8. The van der Waals surface area contributed by atoms with Crippen molar-refractivity contribution in [3.05, 3.63) is 63.6 Å². The largest absolute Gasteiger partial charge is 0.496 e. The van der Waals surface area contributed by atoms with Gasteiger partial charge in [-0.1, -0.05) is 24.3 Å². The number of esters is 1. The fourth-order valence-electron chi connectivity index (χ4n) is 1.92. The molecular weight excluding hydrogens is 358 g/mol. The van der Waals surface area contributed by atoms with Crippen LogP contribution in [0.15, 0.2) is 52.5 Å². The SMILES string of the molecule is COc1ccccc1/C=C(\C#N)C(=O)Oc1ccc(C)cc1Br. The Morgan fingerprint density at radius 1 is 1.22 bits per heavy atom. The molecule has 0 amide bonds. The van der Waals surface area contributed by atoms with Gasteiger partial charge in [-0.25, -0.2) is 4.79 Å². The van der Waals surface area contributed by atoms with Crippen molar-refractivity contribution in [3.8, 4) is 17.6 Å². The predicted octanol–water partition coefficient (Wildman–Crippen LogP) is 4.28. The molecule has 0 aliphatic rings. The van der Waals surface area contributed by atoms with Gasteiger partial charge in [0.1, 0.15) is 23.1 Å². The molecule has 0 N–H and O–H groups in total. The van der Waals surface area contributed by atoms with Gasteiger partial charge < -0.3 is 9.47 Å². The van der Waals surface area contributed by atoms with Gasteiger partial charge in [0.05, 0.1) is 11.6 Å². The van der Waals surface area contributed by atoms with Crippen LogP contribution in [0.25, 0.3) is 6.08 Å². The second-order valence-electron chi connectivity index (χ2n) is 4.74. The lowest BCUT2D eigenvalue weighted by molar-refractivity contribution is -0.129. The normalized spacial score (nSPS) is 10.8. The van der Waals surface area contributed by atoms with Crippen molar-refractivity contribution >= 4 is 28.0 Å². The van der Waals surface area contributed by atoms with E-state index in [0.29, 0.717) is 21.5 Å². The monoisotopic (exact) mass is 371 g/mol. The minimum absolute atomic E-state index is 0.109. The Morgan fingerprint density at radius 2 is 1.96 bits per heavy atom. The Bertz CT molecular complexity index is 806. The average Bonchev–Trinajstić information content (AvgIpc) is 2.55. The van der Waals surface area contributed by atoms with Gasteiger partial charge in [-0.15, -0.1) is 0 Å². The van der Waals surface area contributed by atoms with Crippen LogP contribution in [0.4, 0.5) is 0 Å². The van der Waals surface area contributed by atoms with Crippen molar-refractivity contribution < 1.29 is 14.3 Å². The van der Waals surface area contributed by atoms with Gasteiger partial charge in [0.15, 0.2) is 0 Å². The smallest absolute Gasteiger partial charge is 0.354 e. The van der Waals surface area contributed by atoms with E-state index in [1.165, 1.54) is 13.2 Å². The zero-order chi connectivity index (χ0) is 16.8. The minimum Gasteiger partial charge on any atom is -0.496 e. The molecule has 4 nitrogen and oxygen atoms in total. The molecule has 0 saturated carbocycles. The Kier molecular flexibility index (Phi) is 5.56. The molecule has 5 heteroatoms. The predicted molar refractivity (Wildman–Crippen MR) is 91.1 cm³/mol. The molecule has 0 radical (unpaired) electrons. The molecule has 23 heavy (non-hydrogen) atoms. The van der Waals surface area contributed by atoms with Crippen LogP contribution in [0, 0.1) is 18.3 Å². The number of hydrogen-bond acceptors (Lipinski definition) is 4. The van der Waals surface area contributed by atoms with Crippen molar-refractivity contribution in [1.29, 1.82) is 5.26 Å². The van der Waals surface area contributed by atoms with Gasteiger partial charge in [-0.2, -0.15) is 5.26 Å². The average molecular weight is 372 g/mol. The second-order valence-corrected chi connectivity index (χ2v) is 5.59. The molecule has 0 aliphatic heterocycles. The second kappa shape index (κ2) is 7.61. The summed E-state index contributed by atoms with van der Waals surface area (Å²) >= 11 is 3.34. The Labute approximate surface area is 143 Å². The van der Waals surface area contributed by atoms with Crippen LogP contribution in [0.5, 0.6) is 11.5 Å². The maximum absolute atomic E-state index is 12.2. The molecular formula is C18H14BrNO3. The summed E-state index contributed by atoms with van der Waals surface area (Å²) in [6.07, 6.45) is 1.45. The van der Waals surface area contributed by atoms with E-state index in [4.69, 9.17) is 9.47 Å². The number of methoxy groups -OCH3 is 1. The molecule has 0 bridgehead atoms. The highest BCUT2D eigenvalue weighted by atomic mass is 79.9. The molecule has 0 spiro atoms. The van der Waals surface area contributed by atoms with E-state index < -0.39 is 5.97 Å². The number of nitrogens with zero attached hydrogens (tertiary/aromatic N) is 1. The highest BCUT2D eigenvalue weighted by molar-refractivity contribution is 9.10. The van der Waals surface area contributed by atoms with E-state index >= 15 is 0 Å². The summed E-state index contributed by atoms with van der Waals surface area (Å²) in [6.45, 7) is 1.93. The first-order chi connectivity index (χ1) is 11.0. The van der Waals surface area contributed by atoms with Gasteiger partial charge >= 0.3 is 5.97 Å². The molecule has 0 aliphatic carbocycles. The summed E-state index contributed by atoms with van der Waals surface area (Å²) in [4.78, 5) is 12.2. The fraction of sp³-hybridized carbons (Fsp3) is 0.111. The summed E-state index contributed by atoms with van der Waals surface area (Å²) in [7, 11) is 1.53. The van der Waals surface area contributed by atoms with E-state index in [-0.39, 0.29) is 5.57 Å². The van der Waals surface area contributed by atoms with Crippen LogP contribution in [-0.4, -0.2) is 13.1 Å². The highest BCUT2D eigenvalue weighted by Gasteiger charge is 2.15. The van der Waals surface area contributed by atoms with Crippen molar-refractivity contribution in [2.45, 2.75) is 6.92 Å². The summed E-state index contributed by atoms with van der Waals surface area (Å²) in [5.41, 5.74) is 1.55. The van der Waals surface area contributed by atoms with Gasteiger partial charge in [0.2, 0.25) is 0 Å². The number of carbonyl (C=O) groups is 1.